The van der Waals surface area contributed by atoms with Crippen molar-refractivity contribution in [3.63, 3.8) is 0 Å². The molecule has 4 nitrogen and oxygen atoms in total. The van der Waals surface area contributed by atoms with E-state index in [0.717, 1.165) is 28.9 Å². The highest BCUT2D eigenvalue weighted by molar-refractivity contribution is 9.10. The van der Waals surface area contributed by atoms with Crippen molar-refractivity contribution in [2.45, 2.75) is 13.0 Å². The van der Waals surface area contributed by atoms with Crippen molar-refractivity contribution in [3.05, 3.63) is 46.5 Å². The zero-order valence-electron chi connectivity index (χ0n) is 10.3. The van der Waals surface area contributed by atoms with Gasteiger partial charge in [-0.2, -0.15) is 0 Å². The number of imidazole rings is 1. The van der Waals surface area contributed by atoms with Gasteiger partial charge in [-0.05, 0) is 40.2 Å². The number of rotatable bonds is 5. The van der Waals surface area contributed by atoms with Crippen LogP contribution < -0.4 is 10.5 Å². The normalized spacial score (nSPS) is 10.6. The van der Waals surface area contributed by atoms with Crippen molar-refractivity contribution < 1.29 is 4.74 Å². The first-order valence-electron chi connectivity index (χ1n) is 5.76. The maximum absolute atomic E-state index is 5.50. The number of halogens is 1. The number of aromatic nitrogens is 2. The molecular weight excluding hydrogens is 294 g/mol. The van der Waals surface area contributed by atoms with Gasteiger partial charge in [-0.3, -0.25) is 0 Å². The Balaban J connectivity index is 2.10. The number of hydrogen-bond acceptors (Lipinski definition) is 3. The van der Waals surface area contributed by atoms with Gasteiger partial charge in [0.2, 0.25) is 0 Å². The van der Waals surface area contributed by atoms with Gasteiger partial charge >= 0.3 is 0 Å². The molecule has 0 amide bonds. The largest absolute Gasteiger partial charge is 0.496 e. The van der Waals surface area contributed by atoms with E-state index in [2.05, 4.69) is 31.5 Å². The fourth-order valence-electron chi connectivity index (χ4n) is 1.79. The van der Waals surface area contributed by atoms with Gasteiger partial charge in [-0.25, -0.2) is 4.98 Å². The maximum atomic E-state index is 5.50. The molecule has 0 unspecified atom stereocenters. The third-order valence-corrected chi connectivity index (χ3v) is 3.29. The van der Waals surface area contributed by atoms with Crippen LogP contribution in [0.25, 0.3) is 0 Å². The van der Waals surface area contributed by atoms with E-state index >= 15 is 0 Å². The number of hydrogen-bond donors (Lipinski definition) is 1. The van der Waals surface area contributed by atoms with Crippen molar-refractivity contribution in [3.8, 4) is 5.75 Å². The Kier molecular flexibility index (Phi) is 4.38. The Labute approximate surface area is 115 Å². The second-order valence-corrected chi connectivity index (χ2v) is 4.90. The number of nitrogens with zero attached hydrogens (tertiary/aromatic N) is 2. The molecule has 96 valence electrons. The van der Waals surface area contributed by atoms with Crippen LogP contribution in [0.4, 0.5) is 0 Å². The van der Waals surface area contributed by atoms with Gasteiger partial charge in [0.25, 0.3) is 0 Å². The molecule has 0 saturated heterocycles. The standard InChI is InChI=1S/C13H16BrN3O/c1-18-13-3-2-10(6-12(13)14)7-17-8-11(4-5-15)16-9-17/h2-3,6,8-9H,4-5,7,15H2,1H3. The predicted molar refractivity (Wildman–Crippen MR) is 74.8 cm³/mol. The van der Waals surface area contributed by atoms with E-state index in [9.17, 15) is 0 Å². The summed E-state index contributed by atoms with van der Waals surface area (Å²) >= 11 is 3.48. The Morgan fingerprint density at radius 3 is 2.94 bits per heavy atom. The summed E-state index contributed by atoms with van der Waals surface area (Å²) in [4.78, 5) is 4.30. The minimum Gasteiger partial charge on any atom is -0.496 e. The molecule has 0 fully saturated rings. The van der Waals surface area contributed by atoms with E-state index in [1.54, 1.807) is 7.11 Å². The molecule has 0 saturated carbocycles. The molecular formula is C13H16BrN3O. The van der Waals surface area contributed by atoms with E-state index in [4.69, 9.17) is 10.5 Å². The van der Waals surface area contributed by atoms with Gasteiger partial charge in [0.1, 0.15) is 5.75 Å². The van der Waals surface area contributed by atoms with Gasteiger partial charge in [0.15, 0.2) is 0 Å². The molecule has 0 aliphatic heterocycles. The smallest absolute Gasteiger partial charge is 0.133 e. The quantitative estimate of drug-likeness (QED) is 0.921. The summed E-state index contributed by atoms with van der Waals surface area (Å²) in [6, 6.07) is 6.06. The summed E-state index contributed by atoms with van der Waals surface area (Å²) in [6.07, 6.45) is 4.69. The summed E-state index contributed by atoms with van der Waals surface area (Å²) in [5.74, 6) is 0.841. The Morgan fingerprint density at radius 2 is 2.28 bits per heavy atom. The molecule has 5 heteroatoms. The number of nitrogens with two attached hydrogens (primary N) is 1. The fourth-order valence-corrected chi connectivity index (χ4v) is 2.38. The van der Waals surface area contributed by atoms with Crippen molar-refractivity contribution in [2.75, 3.05) is 13.7 Å². The van der Waals surface area contributed by atoms with Crippen LogP contribution in [0.2, 0.25) is 0 Å². The first-order chi connectivity index (χ1) is 8.72. The average Bonchev–Trinajstić information content (AvgIpc) is 2.77. The molecule has 0 bridgehead atoms. The summed E-state index contributed by atoms with van der Waals surface area (Å²) in [5.41, 5.74) is 7.73. The summed E-state index contributed by atoms with van der Waals surface area (Å²) < 4.78 is 8.22. The van der Waals surface area contributed by atoms with Crippen LogP contribution in [-0.2, 0) is 13.0 Å². The SMILES string of the molecule is COc1ccc(Cn2cnc(CCN)c2)cc1Br. The van der Waals surface area contributed by atoms with Crippen LogP contribution in [0.5, 0.6) is 5.75 Å². The van der Waals surface area contributed by atoms with Crippen molar-refractivity contribution in [2.24, 2.45) is 5.73 Å². The van der Waals surface area contributed by atoms with Crippen molar-refractivity contribution >= 4 is 15.9 Å². The number of ether oxygens (including phenoxy) is 1. The topological polar surface area (TPSA) is 53.1 Å². The summed E-state index contributed by atoms with van der Waals surface area (Å²) in [7, 11) is 1.66. The average molecular weight is 310 g/mol. The third kappa shape index (κ3) is 3.11. The second kappa shape index (κ2) is 6.02. The zero-order chi connectivity index (χ0) is 13.0. The Bertz CT molecular complexity index is 525. The van der Waals surface area contributed by atoms with Gasteiger partial charge in [0.05, 0.1) is 23.6 Å². The molecule has 18 heavy (non-hydrogen) atoms. The van der Waals surface area contributed by atoms with E-state index < -0.39 is 0 Å². The van der Waals surface area contributed by atoms with E-state index in [-0.39, 0.29) is 0 Å². The van der Waals surface area contributed by atoms with Crippen molar-refractivity contribution in [1.82, 2.24) is 9.55 Å². The highest BCUT2D eigenvalue weighted by Gasteiger charge is 2.03. The lowest BCUT2D eigenvalue weighted by Gasteiger charge is -2.06. The third-order valence-electron chi connectivity index (χ3n) is 2.67. The molecule has 1 aromatic carbocycles. The van der Waals surface area contributed by atoms with Crippen LogP contribution in [-0.4, -0.2) is 23.2 Å². The Morgan fingerprint density at radius 1 is 1.44 bits per heavy atom. The van der Waals surface area contributed by atoms with Gasteiger partial charge in [-0.15, -0.1) is 0 Å². The van der Waals surface area contributed by atoms with Crippen LogP contribution in [0, 0.1) is 0 Å². The van der Waals surface area contributed by atoms with Gasteiger partial charge in [-0.1, -0.05) is 6.07 Å². The van der Waals surface area contributed by atoms with Crippen LogP contribution >= 0.6 is 15.9 Å². The monoisotopic (exact) mass is 309 g/mol. The molecule has 2 rings (SSSR count). The van der Waals surface area contributed by atoms with E-state index in [1.165, 1.54) is 5.56 Å². The zero-order valence-corrected chi connectivity index (χ0v) is 11.9. The molecule has 1 heterocycles. The molecule has 0 aliphatic carbocycles. The number of benzene rings is 1. The van der Waals surface area contributed by atoms with Crippen LogP contribution in [0.15, 0.2) is 35.2 Å². The fraction of sp³-hybridized carbons (Fsp3) is 0.308. The molecule has 1 aromatic heterocycles. The minimum atomic E-state index is 0.630. The molecule has 2 aromatic rings. The maximum Gasteiger partial charge on any atom is 0.133 e. The molecule has 0 aliphatic rings. The number of methoxy groups -OCH3 is 1. The first kappa shape index (κ1) is 13.1. The minimum absolute atomic E-state index is 0.630. The molecule has 0 radical (unpaired) electrons. The Hall–Kier alpha value is -1.33. The van der Waals surface area contributed by atoms with Crippen LogP contribution in [0.3, 0.4) is 0 Å². The summed E-state index contributed by atoms with van der Waals surface area (Å²) in [6.45, 7) is 1.42. The molecule has 0 spiro atoms. The predicted octanol–water partition coefficient (Wildman–Crippen LogP) is 2.20. The van der Waals surface area contributed by atoms with E-state index in [1.807, 2.05) is 24.7 Å². The first-order valence-corrected chi connectivity index (χ1v) is 6.55. The molecule has 2 N–H and O–H groups in total. The highest BCUT2D eigenvalue weighted by Crippen LogP contribution is 2.25. The molecule has 0 atom stereocenters. The van der Waals surface area contributed by atoms with Gasteiger partial charge in [0, 0.05) is 19.2 Å². The summed E-state index contributed by atoms with van der Waals surface area (Å²) in [5, 5.41) is 0. The van der Waals surface area contributed by atoms with Crippen molar-refractivity contribution in [1.29, 1.82) is 0 Å². The van der Waals surface area contributed by atoms with E-state index in [0.29, 0.717) is 6.54 Å². The lowest BCUT2D eigenvalue weighted by molar-refractivity contribution is 0.412. The highest BCUT2D eigenvalue weighted by atomic mass is 79.9. The van der Waals surface area contributed by atoms with Gasteiger partial charge < -0.3 is 15.0 Å². The second-order valence-electron chi connectivity index (χ2n) is 4.04. The lowest BCUT2D eigenvalue weighted by Crippen LogP contribution is -2.02. The van der Waals surface area contributed by atoms with Crippen LogP contribution in [0.1, 0.15) is 11.3 Å². The lowest BCUT2D eigenvalue weighted by atomic mass is 10.2.